The van der Waals surface area contributed by atoms with Crippen LogP contribution in [0.1, 0.15) is 115 Å². The van der Waals surface area contributed by atoms with E-state index in [9.17, 15) is 0 Å². The Hall–Kier alpha value is -1.30. The van der Waals surface area contributed by atoms with Gasteiger partial charge < -0.3 is 0 Å². The zero-order valence-corrected chi connectivity index (χ0v) is 18.3. The molecule has 0 spiro atoms. The molecule has 0 amide bonds. The highest BCUT2D eigenvalue weighted by Crippen LogP contribution is 2.13. The van der Waals surface area contributed by atoms with Gasteiger partial charge in [-0.2, -0.15) is 0 Å². The van der Waals surface area contributed by atoms with Crippen LogP contribution in [-0.4, -0.2) is 0 Å². The fraction of sp³-hybridized carbons (Fsp3) is 0.630. The monoisotopic (exact) mass is 370 g/mol. The molecule has 154 valence electrons. The summed E-state index contributed by atoms with van der Waals surface area (Å²) in [4.78, 5) is 0. The number of hydrogen-bond acceptors (Lipinski definition) is 0. The summed E-state index contributed by atoms with van der Waals surface area (Å²) < 4.78 is 0. The second-order valence-electron chi connectivity index (χ2n) is 7.64. The lowest BCUT2D eigenvalue weighted by Crippen LogP contribution is -1.83. The Morgan fingerprint density at radius 2 is 1.00 bits per heavy atom. The van der Waals surface area contributed by atoms with E-state index < -0.39 is 0 Å². The molecule has 0 nitrogen and oxygen atoms in total. The standard InChI is InChI=1S/C19H38.C8H8/c1-3-5-7-9-11-13-15-17-19-18-16-14-12-10-8-6-4-2;1-2-8-6-4-3-5-7-8/h3H,1,4-19H2,2H3;2-7H,1H2. The normalized spacial score (nSPS) is 10.1. The molecule has 0 bridgehead atoms. The molecule has 0 radical (unpaired) electrons. The average molecular weight is 371 g/mol. The molecule has 27 heavy (non-hydrogen) atoms. The van der Waals surface area contributed by atoms with Crippen LogP contribution in [0.2, 0.25) is 0 Å². The van der Waals surface area contributed by atoms with Crippen molar-refractivity contribution in [2.24, 2.45) is 0 Å². The minimum atomic E-state index is 1.17. The Morgan fingerprint density at radius 1 is 0.593 bits per heavy atom. The van der Waals surface area contributed by atoms with E-state index in [0.717, 1.165) is 0 Å². The summed E-state index contributed by atoms with van der Waals surface area (Å²) in [6.45, 7) is 9.69. The van der Waals surface area contributed by atoms with Gasteiger partial charge in [-0.05, 0) is 18.4 Å². The number of unbranched alkanes of at least 4 members (excludes halogenated alkanes) is 15. The Kier molecular flexibility index (Phi) is 21.6. The van der Waals surface area contributed by atoms with Gasteiger partial charge in [0.2, 0.25) is 0 Å². The van der Waals surface area contributed by atoms with E-state index in [1.807, 2.05) is 42.5 Å². The fourth-order valence-corrected chi connectivity index (χ4v) is 3.25. The van der Waals surface area contributed by atoms with Crippen LogP contribution in [0.3, 0.4) is 0 Å². The Bertz CT molecular complexity index is 403. The first-order valence-electron chi connectivity index (χ1n) is 11.6. The van der Waals surface area contributed by atoms with Gasteiger partial charge in [-0.3, -0.25) is 0 Å². The van der Waals surface area contributed by atoms with Gasteiger partial charge in [0.25, 0.3) is 0 Å². The summed E-state index contributed by atoms with van der Waals surface area (Å²) in [5.74, 6) is 0. The third kappa shape index (κ3) is 20.9. The lowest BCUT2D eigenvalue weighted by atomic mass is 10.0. The highest BCUT2D eigenvalue weighted by Gasteiger charge is 1.93. The summed E-state index contributed by atoms with van der Waals surface area (Å²) >= 11 is 0. The molecule has 1 rings (SSSR count). The average Bonchev–Trinajstić information content (AvgIpc) is 2.72. The summed E-state index contributed by atoms with van der Waals surface area (Å²) in [7, 11) is 0. The van der Waals surface area contributed by atoms with Crippen LogP contribution < -0.4 is 0 Å². The van der Waals surface area contributed by atoms with Crippen LogP contribution in [0.25, 0.3) is 6.08 Å². The van der Waals surface area contributed by atoms with Crippen LogP contribution >= 0.6 is 0 Å². The topological polar surface area (TPSA) is 0 Å². The zero-order chi connectivity index (χ0) is 19.8. The van der Waals surface area contributed by atoms with Crippen molar-refractivity contribution in [2.45, 2.75) is 110 Å². The molecule has 0 atom stereocenters. The number of rotatable bonds is 17. The van der Waals surface area contributed by atoms with E-state index in [-0.39, 0.29) is 0 Å². The highest BCUT2D eigenvalue weighted by atomic mass is 14.0. The van der Waals surface area contributed by atoms with E-state index >= 15 is 0 Å². The summed E-state index contributed by atoms with van der Waals surface area (Å²) in [6.07, 6.45) is 26.8. The smallest absolute Gasteiger partial charge is 0.0263 e. The zero-order valence-electron chi connectivity index (χ0n) is 18.3. The lowest BCUT2D eigenvalue weighted by Gasteiger charge is -2.03. The van der Waals surface area contributed by atoms with E-state index in [0.29, 0.717) is 0 Å². The quantitative estimate of drug-likeness (QED) is 0.189. The van der Waals surface area contributed by atoms with Crippen LogP contribution in [0.5, 0.6) is 0 Å². The van der Waals surface area contributed by atoms with Crippen LogP contribution in [0.15, 0.2) is 49.6 Å². The molecule has 0 aliphatic heterocycles. The predicted molar refractivity (Wildman–Crippen MR) is 126 cm³/mol. The maximum absolute atomic E-state index is 3.76. The van der Waals surface area contributed by atoms with Gasteiger partial charge in [0.1, 0.15) is 0 Å². The molecule has 0 aliphatic rings. The first-order valence-corrected chi connectivity index (χ1v) is 11.6. The lowest BCUT2D eigenvalue weighted by molar-refractivity contribution is 0.533. The molecular weight excluding hydrogens is 324 g/mol. The van der Waals surface area contributed by atoms with Gasteiger partial charge in [-0.25, -0.2) is 0 Å². The van der Waals surface area contributed by atoms with Gasteiger partial charge in [-0.15, -0.1) is 6.58 Å². The second kappa shape index (κ2) is 22.7. The van der Waals surface area contributed by atoms with Gasteiger partial charge in [-0.1, -0.05) is 146 Å². The van der Waals surface area contributed by atoms with Crippen molar-refractivity contribution in [1.82, 2.24) is 0 Å². The predicted octanol–water partition coefficient (Wildman–Crippen LogP) is 9.76. The van der Waals surface area contributed by atoms with E-state index in [1.165, 1.54) is 108 Å². The van der Waals surface area contributed by atoms with E-state index in [1.54, 1.807) is 0 Å². The minimum absolute atomic E-state index is 1.17. The summed E-state index contributed by atoms with van der Waals surface area (Å²) in [5, 5.41) is 0. The molecule has 0 aromatic heterocycles. The van der Waals surface area contributed by atoms with E-state index in [4.69, 9.17) is 0 Å². The highest BCUT2D eigenvalue weighted by molar-refractivity contribution is 5.45. The van der Waals surface area contributed by atoms with Crippen molar-refractivity contribution >= 4 is 6.08 Å². The molecule has 1 aromatic carbocycles. The van der Waals surface area contributed by atoms with Crippen molar-refractivity contribution < 1.29 is 0 Å². The molecule has 0 heterocycles. The second-order valence-corrected chi connectivity index (χ2v) is 7.64. The molecule has 0 heteroatoms. The van der Waals surface area contributed by atoms with Crippen molar-refractivity contribution in [3.63, 3.8) is 0 Å². The minimum Gasteiger partial charge on any atom is -0.103 e. The maximum Gasteiger partial charge on any atom is -0.0263 e. The van der Waals surface area contributed by atoms with Crippen LogP contribution in [-0.2, 0) is 0 Å². The van der Waals surface area contributed by atoms with Gasteiger partial charge >= 0.3 is 0 Å². The maximum atomic E-state index is 3.76. The van der Waals surface area contributed by atoms with Crippen molar-refractivity contribution in [2.75, 3.05) is 0 Å². The van der Waals surface area contributed by atoms with Gasteiger partial charge in [0, 0.05) is 0 Å². The molecule has 0 aliphatic carbocycles. The molecular formula is C27H46. The molecule has 1 aromatic rings. The Labute approximate surface area is 171 Å². The fourth-order valence-electron chi connectivity index (χ4n) is 3.25. The third-order valence-corrected chi connectivity index (χ3v) is 5.05. The third-order valence-electron chi connectivity index (χ3n) is 5.05. The number of allylic oxidation sites excluding steroid dienone is 1. The molecule has 0 fully saturated rings. The van der Waals surface area contributed by atoms with Crippen molar-refractivity contribution in [1.29, 1.82) is 0 Å². The Morgan fingerprint density at radius 3 is 1.33 bits per heavy atom. The molecule has 0 N–H and O–H groups in total. The summed E-state index contributed by atoms with van der Waals surface area (Å²) in [5.41, 5.74) is 1.17. The van der Waals surface area contributed by atoms with E-state index in [2.05, 4.69) is 20.1 Å². The summed E-state index contributed by atoms with van der Waals surface area (Å²) in [6, 6.07) is 10.0. The number of hydrogen-bond donors (Lipinski definition) is 0. The van der Waals surface area contributed by atoms with Gasteiger partial charge in [0.15, 0.2) is 0 Å². The van der Waals surface area contributed by atoms with Crippen LogP contribution in [0.4, 0.5) is 0 Å². The molecule has 0 saturated heterocycles. The largest absolute Gasteiger partial charge is 0.103 e. The van der Waals surface area contributed by atoms with Crippen molar-refractivity contribution in [3.05, 3.63) is 55.1 Å². The Balaban J connectivity index is 0.000000694. The number of benzene rings is 1. The van der Waals surface area contributed by atoms with Crippen molar-refractivity contribution in [3.8, 4) is 0 Å². The SMILES string of the molecule is C=CCCCCCCCCCCCCCCCCC.C=Cc1ccccc1. The first-order chi connectivity index (χ1) is 13.3. The van der Waals surface area contributed by atoms with Crippen LogP contribution in [0, 0.1) is 0 Å². The van der Waals surface area contributed by atoms with Gasteiger partial charge in [0.05, 0.1) is 0 Å². The first kappa shape index (κ1) is 25.7. The molecule has 0 saturated carbocycles. The molecule has 0 unspecified atom stereocenters.